The van der Waals surface area contributed by atoms with Crippen molar-refractivity contribution in [2.75, 3.05) is 13.1 Å². The Bertz CT molecular complexity index is 538. The van der Waals surface area contributed by atoms with Gasteiger partial charge in [-0.1, -0.05) is 30.4 Å². The van der Waals surface area contributed by atoms with Crippen molar-refractivity contribution in [1.29, 1.82) is 0 Å². The van der Waals surface area contributed by atoms with Gasteiger partial charge in [-0.25, -0.2) is 0 Å². The maximum absolute atomic E-state index is 11.8. The first-order chi connectivity index (χ1) is 9.50. The second-order valence-electron chi connectivity index (χ2n) is 4.00. The van der Waals surface area contributed by atoms with Crippen molar-refractivity contribution in [2.45, 2.75) is 6.92 Å². The summed E-state index contributed by atoms with van der Waals surface area (Å²) in [6.45, 7) is 1.35. The molecule has 0 radical (unpaired) electrons. The number of nitrogens with one attached hydrogen (secondary N) is 2. The Morgan fingerprint density at radius 3 is 2.55 bits per heavy atom. The van der Waals surface area contributed by atoms with Gasteiger partial charge in [-0.2, -0.15) is 0 Å². The molecule has 1 aromatic carbocycles. The third-order valence-corrected chi connectivity index (χ3v) is 2.37. The summed E-state index contributed by atoms with van der Waals surface area (Å²) in [6, 6.07) is 6.81. The number of hydrogen-bond donors (Lipinski definition) is 3. The van der Waals surface area contributed by atoms with Crippen LogP contribution in [0, 0.1) is 0 Å². The van der Waals surface area contributed by atoms with Gasteiger partial charge in [-0.15, -0.1) is 0 Å². The molecule has 0 aliphatic rings. The van der Waals surface area contributed by atoms with E-state index in [0.29, 0.717) is 17.7 Å². The van der Waals surface area contributed by atoms with E-state index in [4.69, 9.17) is 5.11 Å². The summed E-state index contributed by atoms with van der Waals surface area (Å²) in [7, 11) is 0. The molecule has 1 rings (SSSR count). The molecule has 106 valence electrons. The van der Waals surface area contributed by atoms with Gasteiger partial charge in [0.15, 0.2) is 0 Å². The molecule has 1 aromatic rings. The summed E-state index contributed by atoms with van der Waals surface area (Å²) in [5.74, 6) is -1.69. The SMILES string of the molecule is CC(=O)NCC=Cc1ccccc1C(=O)NCC(=O)O. The van der Waals surface area contributed by atoms with E-state index in [1.54, 1.807) is 36.4 Å². The van der Waals surface area contributed by atoms with Crippen LogP contribution in [0.5, 0.6) is 0 Å². The van der Waals surface area contributed by atoms with E-state index in [9.17, 15) is 14.4 Å². The smallest absolute Gasteiger partial charge is 0.322 e. The van der Waals surface area contributed by atoms with E-state index in [0.717, 1.165) is 0 Å². The van der Waals surface area contributed by atoms with Crippen molar-refractivity contribution < 1.29 is 19.5 Å². The number of carbonyl (C=O) groups excluding carboxylic acids is 2. The third-order valence-electron chi connectivity index (χ3n) is 2.37. The highest BCUT2D eigenvalue weighted by Gasteiger charge is 2.09. The Balaban J connectivity index is 2.74. The van der Waals surface area contributed by atoms with Crippen LogP contribution >= 0.6 is 0 Å². The van der Waals surface area contributed by atoms with Gasteiger partial charge in [0.25, 0.3) is 5.91 Å². The lowest BCUT2D eigenvalue weighted by molar-refractivity contribution is -0.135. The summed E-state index contributed by atoms with van der Waals surface area (Å²) >= 11 is 0. The molecule has 0 fully saturated rings. The summed E-state index contributed by atoms with van der Waals surface area (Å²) < 4.78 is 0. The number of benzene rings is 1. The number of rotatable bonds is 6. The number of carboxylic acids is 1. The lowest BCUT2D eigenvalue weighted by Gasteiger charge is -2.06. The Labute approximate surface area is 116 Å². The third kappa shape index (κ3) is 5.34. The molecule has 0 spiro atoms. The van der Waals surface area contributed by atoms with Gasteiger partial charge in [0, 0.05) is 19.0 Å². The maximum atomic E-state index is 11.8. The molecule has 0 atom stereocenters. The normalized spacial score (nSPS) is 10.2. The molecule has 0 aromatic heterocycles. The van der Waals surface area contributed by atoms with Crippen molar-refractivity contribution in [3.8, 4) is 0 Å². The fourth-order valence-corrected chi connectivity index (χ4v) is 1.49. The van der Waals surface area contributed by atoms with Crippen molar-refractivity contribution in [2.24, 2.45) is 0 Å². The van der Waals surface area contributed by atoms with Gasteiger partial charge in [-0.05, 0) is 11.6 Å². The molecule has 6 heteroatoms. The van der Waals surface area contributed by atoms with Gasteiger partial charge < -0.3 is 15.7 Å². The van der Waals surface area contributed by atoms with Gasteiger partial charge >= 0.3 is 5.97 Å². The fraction of sp³-hybridized carbons (Fsp3) is 0.214. The number of carboxylic acid groups (broad SMARTS) is 1. The van der Waals surface area contributed by atoms with Crippen LogP contribution in [0.3, 0.4) is 0 Å². The Kier molecular flexibility index (Phi) is 5.96. The lowest BCUT2D eigenvalue weighted by Crippen LogP contribution is -2.29. The molecule has 0 aliphatic carbocycles. The number of aliphatic carboxylic acids is 1. The van der Waals surface area contributed by atoms with E-state index in [1.807, 2.05) is 0 Å². The first-order valence-electron chi connectivity index (χ1n) is 6.00. The Morgan fingerprint density at radius 1 is 1.20 bits per heavy atom. The van der Waals surface area contributed by atoms with Gasteiger partial charge in [-0.3, -0.25) is 14.4 Å². The maximum Gasteiger partial charge on any atom is 0.322 e. The summed E-state index contributed by atoms with van der Waals surface area (Å²) in [4.78, 5) is 33.0. The highest BCUT2D eigenvalue weighted by molar-refractivity contribution is 5.99. The predicted octanol–water partition coefficient (Wildman–Crippen LogP) is 0.650. The average molecular weight is 276 g/mol. The summed E-state index contributed by atoms with van der Waals surface area (Å²) in [5, 5.41) is 13.4. The van der Waals surface area contributed by atoms with Crippen LogP contribution in [0.4, 0.5) is 0 Å². The largest absolute Gasteiger partial charge is 0.480 e. The van der Waals surface area contributed by atoms with Crippen LogP contribution in [-0.2, 0) is 9.59 Å². The highest BCUT2D eigenvalue weighted by Crippen LogP contribution is 2.10. The zero-order valence-corrected chi connectivity index (χ0v) is 11.1. The number of hydrogen-bond acceptors (Lipinski definition) is 3. The van der Waals surface area contributed by atoms with Gasteiger partial charge in [0.2, 0.25) is 5.91 Å². The van der Waals surface area contributed by atoms with Crippen molar-refractivity contribution in [1.82, 2.24) is 10.6 Å². The van der Waals surface area contributed by atoms with E-state index in [2.05, 4.69) is 10.6 Å². The lowest BCUT2D eigenvalue weighted by atomic mass is 10.1. The molecular formula is C14H16N2O4. The monoisotopic (exact) mass is 276 g/mol. The fourth-order valence-electron chi connectivity index (χ4n) is 1.49. The second kappa shape index (κ2) is 7.73. The van der Waals surface area contributed by atoms with E-state index in [-0.39, 0.29) is 5.91 Å². The van der Waals surface area contributed by atoms with Crippen LogP contribution in [0.1, 0.15) is 22.8 Å². The standard InChI is InChI=1S/C14H16N2O4/c1-10(17)15-8-4-6-11-5-2-3-7-12(11)14(20)16-9-13(18)19/h2-7H,8-9H2,1H3,(H,15,17)(H,16,20)(H,18,19). The topological polar surface area (TPSA) is 95.5 Å². The quantitative estimate of drug-likeness (QED) is 0.711. The first kappa shape index (κ1) is 15.4. The van der Waals surface area contributed by atoms with E-state index in [1.165, 1.54) is 6.92 Å². The highest BCUT2D eigenvalue weighted by atomic mass is 16.4. The molecule has 0 heterocycles. The molecule has 0 unspecified atom stereocenters. The zero-order chi connectivity index (χ0) is 15.0. The molecule has 20 heavy (non-hydrogen) atoms. The summed E-state index contributed by atoms with van der Waals surface area (Å²) in [6.07, 6.45) is 3.41. The van der Waals surface area contributed by atoms with Crippen molar-refractivity contribution >= 4 is 23.9 Å². The molecule has 2 amide bonds. The van der Waals surface area contributed by atoms with Crippen molar-refractivity contribution in [3.05, 3.63) is 41.5 Å². The molecule has 0 saturated heterocycles. The van der Waals surface area contributed by atoms with Crippen LogP contribution in [-0.4, -0.2) is 36.0 Å². The minimum Gasteiger partial charge on any atom is -0.480 e. The molecule has 3 N–H and O–H groups in total. The molecule has 0 bridgehead atoms. The first-order valence-corrected chi connectivity index (χ1v) is 6.00. The van der Waals surface area contributed by atoms with Crippen LogP contribution < -0.4 is 10.6 Å². The Hall–Kier alpha value is -2.63. The van der Waals surface area contributed by atoms with Crippen LogP contribution in [0.2, 0.25) is 0 Å². The molecule has 0 aliphatic heterocycles. The molecular weight excluding hydrogens is 260 g/mol. The molecule has 6 nitrogen and oxygen atoms in total. The Morgan fingerprint density at radius 2 is 1.90 bits per heavy atom. The van der Waals surface area contributed by atoms with Gasteiger partial charge in [0.05, 0.1) is 0 Å². The number of amides is 2. The van der Waals surface area contributed by atoms with E-state index < -0.39 is 18.4 Å². The molecule has 0 saturated carbocycles. The van der Waals surface area contributed by atoms with Crippen LogP contribution in [0.15, 0.2) is 30.3 Å². The average Bonchev–Trinajstić information content (AvgIpc) is 2.41. The van der Waals surface area contributed by atoms with Gasteiger partial charge in [0.1, 0.15) is 6.54 Å². The van der Waals surface area contributed by atoms with E-state index >= 15 is 0 Å². The van der Waals surface area contributed by atoms with Crippen molar-refractivity contribution in [3.63, 3.8) is 0 Å². The summed E-state index contributed by atoms with van der Waals surface area (Å²) in [5.41, 5.74) is 1.04. The minimum absolute atomic E-state index is 0.137. The zero-order valence-electron chi connectivity index (χ0n) is 11.1. The second-order valence-corrected chi connectivity index (χ2v) is 4.00. The number of carbonyl (C=O) groups is 3. The minimum atomic E-state index is -1.10. The predicted molar refractivity (Wildman–Crippen MR) is 74.1 cm³/mol. The van der Waals surface area contributed by atoms with Crippen LogP contribution in [0.25, 0.3) is 6.08 Å².